The maximum atomic E-state index is 9.76. The number of aromatic nitrogens is 2. The molecule has 1 aromatic heterocycles. The van der Waals surface area contributed by atoms with Crippen LogP contribution in [0.15, 0.2) is 30.3 Å². The van der Waals surface area contributed by atoms with E-state index in [9.17, 15) is 5.11 Å². The molecular weight excluding hydrogens is 188 g/mol. The largest absolute Gasteiger partial charge is 0.492 e. The molecule has 2 rings (SSSR count). The van der Waals surface area contributed by atoms with Gasteiger partial charge in [0.1, 0.15) is 0 Å². The Labute approximate surface area is 89.0 Å². The molecular formula is C12H14N2O. The predicted molar refractivity (Wildman–Crippen MR) is 59.7 cm³/mol. The Kier molecular flexibility index (Phi) is 2.46. The van der Waals surface area contributed by atoms with Gasteiger partial charge in [-0.15, -0.1) is 5.10 Å². The summed E-state index contributed by atoms with van der Waals surface area (Å²) in [6.07, 6.45) is 0.855. The zero-order chi connectivity index (χ0) is 10.8. The fourth-order valence-electron chi connectivity index (χ4n) is 1.85. The minimum atomic E-state index is 0.112. The third-order valence-electron chi connectivity index (χ3n) is 2.54. The molecule has 3 heteroatoms. The van der Waals surface area contributed by atoms with Crippen LogP contribution in [0.3, 0.4) is 0 Å². The molecule has 0 atom stereocenters. The molecule has 0 amide bonds. The SMILES string of the molecule is CCc1c(-c2ccccc2)c(O)nn1C. The van der Waals surface area contributed by atoms with Gasteiger partial charge >= 0.3 is 0 Å². The van der Waals surface area contributed by atoms with Gasteiger partial charge in [-0.2, -0.15) is 0 Å². The fraction of sp³-hybridized carbons (Fsp3) is 0.250. The number of benzene rings is 1. The molecule has 0 fully saturated rings. The number of aryl methyl sites for hydroxylation is 1. The van der Waals surface area contributed by atoms with E-state index in [-0.39, 0.29) is 5.88 Å². The number of rotatable bonds is 2. The Hall–Kier alpha value is -1.77. The minimum absolute atomic E-state index is 0.112. The summed E-state index contributed by atoms with van der Waals surface area (Å²) in [4.78, 5) is 0. The van der Waals surface area contributed by atoms with Crippen LogP contribution in [0.5, 0.6) is 5.88 Å². The summed E-state index contributed by atoms with van der Waals surface area (Å²) in [5, 5.41) is 13.8. The number of hydrogen-bond acceptors (Lipinski definition) is 2. The van der Waals surface area contributed by atoms with Gasteiger partial charge in [-0.05, 0) is 12.0 Å². The molecule has 2 aromatic rings. The maximum Gasteiger partial charge on any atom is 0.238 e. The molecule has 1 N–H and O–H groups in total. The van der Waals surface area contributed by atoms with Crippen LogP contribution in [0.2, 0.25) is 0 Å². The summed E-state index contributed by atoms with van der Waals surface area (Å²) in [6.45, 7) is 2.06. The zero-order valence-corrected chi connectivity index (χ0v) is 8.94. The third kappa shape index (κ3) is 1.61. The van der Waals surface area contributed by atoms with Gasteiger partial charge < -0.3 is 5.11 Å². The summed E-state index contributed by atoms with van der Waals surface area (Å²) >= 11 is 0. The highest BCUT2D eigenvalue weighted by Crippen LogP contribution is 2.31. The van der Waals surface area contributed by atoms with E-state index in [1.54, 1.807) is 4.68 Å². The topological polar surface area (TPSA) is 38.1 Å². The summed E-state index contributed by atoms with van der Waals surface area (Å²) < 4.78 is 1.73. The first-order chi connectivity index (χ1) is 7.24. The van der Waals surface area contributed by atoms with E-state index >= 15 is 0 Å². The molecule has 0 radical (unpaired) electrons. The van der Waals surface area contributed by atoms with Crippen molar-refractivity contribution in [3.05, 3.63) is 36.0 Å². The lowest BCUT2D eigenvalue weighted by atomic mass is 10.0. The lowest BCUT2D eigenvalue weighted by Gasteiger charge is -2.02. The monoisotopic (exact) mass is 202 g/mol. The number of nitrogens with zero attached hydrogens (tertiary/aromatic N) is 2. The van der Waals surface area contributed by atoms with Crippen molar-refractivity contribution in [1.29, 1.82) is 0 Å². The first-order valence-corrected chi connectivity index (χ1v) is 5.04. The summed E-state index contributed by atoms with van der Waals surface area (Å²) in [5.41, 5.74) is 2.92. The standard InChI is InChI=1S/C12H14N2O/c1-3-10-11(12(15)13-14(10)2)9-7-5-4-6-8-9/h4-8H,3H2,1-2H3,(H,13,15). The Morgan fingerprint density at radius 1 is 1.27 bits per heavy atom. The van der Waals surface area contributed by atoms with Crippen molar-refractivity contribution in [3.8, 4) is 17.0 Å². The van der Waals surface area contributed by atoms with Gasteiger partial charge in [-0.25, -0.2) is 0 Å². The van der Waals surface area contributed by atoms with Crippen LogP contribution >= 0.6 is 0 Å². The van der Waals surface area contributed by atoms with Crippen LogP contribution in [0, 0.1) is 0 Å². The maximum absolute atomic E-state index is 9.76. The fourth-order valence-corrected chi connectivity index (χ4v) is 1.85. The first-order valence-electron chi connectivity index (χ1n) is 5.04. The smallest absolute Gasteiger partial charge is 0.238 e. The van der Waals surface area contributed by atoms with Crippen LogP contribution in [0.1, 0.15) is 12.6 Å². The highest BCUT2D eigenvalue weighted by atomic mass is 16.3. The molecule has 15 heavy (non-hydrogen) atoms. The second-order valence-electron chi connectivity index (χ2n) is 3.49. The van der Waals surface area contributed by atoms with E-state index in [0.717, 1.165) is 23.2 Å². The second kappa shape index (κ2) is 3.77. The van der Waals surface area contributed by atoms with E-state index in [1.807, 2.05) is 37.4 Å². The summed E-state index contributed by atoms with van der Waals surface area (Å²) in [7, 11) is 1.85. The van der Waals surface area contributed by atoms with Gasteiger partial charge in [0, 0.05) is 12.7 Å². The Balaban J connectivity index is 2.62. The molecule has 0 bridgehead atoms. The molecule has 0 unspecified atom stereocenters. The number of hydrogen-bond donors (Lipinski definition) is 1. The molecule has 0 spiro atoms. The van der Waals surface area contributed by atoms with Gasteiger partial charge in [0.25, 0.3) is 0 Å². The predicted octanol–water partition coefficient (Wildman–Crippen LogP) is 2.36. The zero-order valence-electron chi connectivity index (χ0n) is 8.94. The van der Waals surface area contributed by atoms with E-state index in [1.165, 1.54) is 0 Å². The number of aromatic hydroxyl groups is 1. The molecule has 0 saturated heterocycles. The molecule has 78 valence electrons. The van der Waals surface area contributed by atoms with Crippen LogP contribution in [-0.2, 0) is 13.5 Å². The lowest BCUT2D eigenvalue weighted by Crippen LogP contribution is -1.96. The molecule has 1 heterocycles. The van der Waals surface area contributed by atoms with Crippen molar-refractivity contribution in [3.63, 3.8) is 0 Å². The summed E-state index contributed by atoms with van der Waals surface area (Å²) in [5.74, 6) is 0.112. The van der Waals surface area contributed by atoms with Gasteiger partial charge in [0.15, 0.2) is 0 Å². The van der Waals surface area contributed by atoms with Crippen molar-refractivity contribution in [2.75, 3.05) is 0 Å². The van der Waals surface area contributed by atoms with E-state index in [0.29, 0.717) is 0 Å². The first kappa shape index (κ1) is 9.77. The van der Waals surface area contributed by atoms with Crippen LogP contribution in [0.4, 0.5) is 0 Å². The van der Waals surface area contributed by atoms with Crippen molar-refractivity contribution in [2.24, 2.45) is 7.05 Å². The normalized spacial score (nSPS) is 10.5. The molecule has 0 aliphatic carbocycles. The van der Waals surface area contributed by atoms with Gasteiger partial charge in [-0.3, -0.25) is 4.68 Å². The second-order valence-corrected chi connectivity index (χ2v) is 3.49. The van der Waals surface area contributed by atoms with E-state index in [4.69, 9.17) is 0 Å². The Bertz CT molecular complexity index is 460. The van der Waals surface area contributed by atoms with E-state index < -0.39 is 0 Å². The van der Waals surface area contributed by atoms with Crippen molar-refractivity contribution >= 4 is 0 Å². The molecule has 0 saturated carbocycles. The molecule has 0 aliphatic rings. The molecule has 0 aliphatic heterocycles. The van der Waals surface area contributed by atoms with Gasteiger partial charge in [-0.1, -0.05) is 37.3 Å². The lowest BCUT2D eigenvalue weighted by molar-refractivity contribution is 0.445. The van der Waals surface area contributed by atoms with Gasteiger partial charge in [0.2, 0.25) is 5.88 Å². The van der Waals surface area contributed by atoms with Crippen molar-refractivity contribution in [2.45, 2.75) is 13.3 Å². The van der Waals surface area contributed by atoms with Gasteiger partial charge in [0.05, 0.1) is 5.56 Å². The van der Waals surface area contributed by atoms with E-state index in [2.05, 4.69) is 12.0 Å². The minimum Gasteiger partial charge on any atom is -0.492 e. The highest BCUT2D eigenvalue weighted by Gasteiger charge is 2.15. The van der Waals surface area contributed by atoms with Crippen LogP contribution in [-0.4, -0.2) is 14.9 Å². The quantitative estimate of drug-likeness (QED) is 0.811. The Morgan fingerprint density at radius 3 is 2.53 bits per heavy atom. The highest BCUT2D eigenvalue weighted by molar-refractivity contribution is 5.71. The average molecular weight is 202 g/mol. The Morgan fingerprint density at radius 2 is 1.93 bits per heavy atom. The third-order valence-corrected chi connectivity index (χ3v) is 2.54. The summed E-state index contributed by atoms with van der Waals surface area (Å²) in [6, 6.07) is 9.84. The molecule has 1 aromatic carbocycles. The van der Waals surface area contributed by atoms with Crippen molar-refractivity contribution < 1.29 is 5.11 Å². The average Bonchev–Trinajstić information content (AvgIpc) is 2.54. The van der Waals surface area contributed by atoms with Crippen molar-refractivity contribution in [1.82, 2.24) is 9.78 Å². The van der Waals surface area contributed by atoms with Crippen LogP contribution in [0.25, 0.3) is 11.1 Å². The molecule has 3 nitrogen and oxygen atoms in total. The van der Waals surface area contributed by atoms with Crippen LogP contribution < -0.4 is 0 Å².